The Kier molecular flexibility index (Phi) is 6.16. The van der Waals surface area contributed by atoms with Crippen LogP contribution >= 0.6 is 27.3 Å². The number of hydrogen-bond donors (Lipinski definition) is 1. The Labute approximate surface area is 115 Å². The molecule has 96 valence electrons. The van der Waals surface area contributed by atoms with Crippen LogP contribution < -0.4 is 5.32 Å². The molecule has 0 aliphatic rings. The van der Waals surface area contributed by atoms with E-state index in [9.17, 15) is 4.79 Å². The molecule has 0 bridgehead atoms. The van der Waals surface area contributed by atoms with Gasteiger partial charge in [0.05, 0.1) is 7.11 Å². The third-order valence-electron chi connectivity index (χ3n) is 2.34. The molecule has 1 heterocycles. The zero-order chi connectivity index (χ0) is 12.8. The lowest BCUT2D eigenvalue weighted by atomic mass is 10.0. The van der Waals surface area contributed by atoms with Crippen molar-refractivity contribution < 1.29 is 9.53 Å². The first-order valence-electron chi connectivity index (χ1n) is 5.57. The number of ether oxygens (including phenoxy) is 1. The SMILES string of the molecule is COC(=O)C(CC(C)C)NCc1cc(Br)cs1. The fourth-order valence-corrected chi connectivity index (χ4v) is 2.95. The molecule has 1 atom stereocenters. The van der Waals surface area contributed by atoms with E-state index in [2.05, 4.69) is 41.2 Å². The largest absolute Gasteiger partial charge is 0.468 e. The first-order valence-corrected chi connectivity index (χ1v) is 7.24. The fraction of sp³-hybridized carbons (Fsp3) is 0.583. The van der Waals surface area contributed by atoms with E-state index in [1.165, 1.54) is 12.0 Å². The minimum Gasteiger partial charge on any atom is -0.468 e. The lowest BCUT2D eigenvalue weighted by Crippen LogP contribution is -2.38. The molecule has 0 saturated carbocycles. The summed E-state index contributed by atoms with van der Waals surface area (Å²) in [5.74, 6) is 0.274. The first kappa shape index (κ1) is 14.7. The summed E-state index contributed by atoms with van der Waals surface area (Å²) >= 11 is 5.08. The predicted octanol–water partition coefficient (Wildman–Crippen LogP) is 3.19. The van der Waals surface area contributed by atoms with Gasteiger partial charge in [-0.2, -0.15) is 0 Å². The Bertz CT molecular complexity index is 365. The molecule has 1 aromatic heterocycles. The maximum Gasteiger partial charge on any atom is 0.322 e. The monoisotopic (exact) mass is 319 g/mol. The van der Waals surface area contributed by atoms with Gasteiger partial charge in [-0.15, -0.1) is 11.3 Å². The zero-order valence-electron chi connectivity index (χ0n) is 10.3. The zero-order valence-corrected chi connectivity index (χ0v) is 12.7. The average Bonchev–Trinajstić information content (AvgIpc) is 2.68. The molecular weight excluding hydrogens is 302 g/mol. The van der Waals surface area contributed by atoms with Gasteiger partial charge in [0, 0.05) is 21.3 Å². The van der Waals surface area contributed by atoms with Gasteiger partial charge in [0.15, 0.2) is 0 Å². The van der Waals surface area contributed by atoms with Crippen molar-refractivity contribution in [1.82, 2.24) is 5.32 Å². The molecule has 5 heteroatoms. The van der Waals surface area contributed by atoms with Crippen LogP contribution in [0.25, 0.3) is 0 Å². The highest BCUT2D eigenvalue weighted by atomic mass is 79.9. The Balaban J connectivity index is 2.51. The van der Waals surface area contributed by atoms with Gasteiger partial charge < -0.3 is 4.74 Å². The van der Waals surface area contributed by atoms with Crippen LogP contribution in [-0.2, 0) is 16.1 Å². The quantitative estimate of drug-likeness (QED) is 0.818. The molecule has 17 heavy (non-hydrogen) atoms. The third kappa shape index (κ3) is 5.19. The highest BCUT2D eigenvalue weighted by molar-refractivity contribution is 9.10. The minimum absolute atomic E-state index is 0.186. The molecule has 0 aliphatic carbocycles. The number of methoxy groups -OCH3 is 1. The molecule has 0 radical (unpaired) electrons. The molecule has 1 rings (SSSR count). The second kappa shape index (κ2) is 7.13. The van der Waals surface area contributed by atoms with Crippen LogP contribution in [0.15, 0.2) is 15.9 Å². The highest BCUT2D eigenvalue weighted by Crippen LogP contribution is 2.19. The second-order valence-corrected chi connectivity index (χ2v) is 6.23. The smallest absolute Gasteiger partial charge is 0.322 e. The van der Waals surface area contributed by atoms with Crippen LogP contribution in [0.2, 0.25) is 0 Å². The van der Waals surface area contributed by atoms with Crippen LogP contribution in [0.1, 0.15) is 25.1 Å². The van der Waals surface area contributed by atoms with Crippen LogP contribution in [0.3, 0.4) is 0 Å². The summed E-state index contributed by atoms with van der Waals surface area (Å²) in [6.45, 7) is 4.89. The van der Waals surface area contributed by atoms with E-state index in [-0.39, 0.29) is 12.0 Å². The molecule has 0 spiro atoms. The Morgan fingerprint density at radius 1 is 1.59 bits per heavy atom. The fourth-order valence-electron chi connectivity index (χ4n) is 1.55. The Morgan fingerprint density at radius 3 is 2.76 bits per heavy atom. The van der Waals surface area contributed by atoms with Crippen molar-refractivity contribution >= 4 is 33.2 Å². The maximum atomic E-state index is 11.6. The van der Waals surface area contributed by atoms with E-state index >= 15 is 0 Å². The lowest BCUT2D eigenvalue weighted by molar-refractivity contribution is -0.143. The third-order valence-corrected chi connectivity index (χ3v) is 4.03. The summed E-state index contributed by atoms with van der Waals surface area (Å²) < 4.78 is 5.88. The van der Waals surface area contributed by atoms with E-state index in [1.54, 1.807) is 11.3 Å². The molecule has 0 aliphatic heterocycles. The molecule has 0 amide bonds. The standard InChI is InChI=1S/C12H18BrNO2S/c1-8(2)4-11(12(15)16-3)14-6-10-5-9(13)7-17-10/h5,7-8,11,14H,4,6H2,1-3H3. The van der Waals surface area contributed by atoms with E-state index in [0.717, 1.165) is 10.9 Å². The van der Waals surface area contributed by atoms with Crippen molar-refractivity contribution in [2.45, 2.75) is 32.9 Å². The van der Waals surface area contributed by atoms with Crippen molar-refractivity contribution in [2.75, 3.05) is 7.11 Å². The highest BCUT2D eigenvalue weighted by Gasteiger charge is 2.19. The minimum atomic E-state index is -0.221. The van der Waals surface area contributed by atoms with Crippen molar-refractivity contribution in [3.8, 4) is 0 Å². The van der Waals surface area contributed by atoms with Gasteiger partial charge >= 0.3 is 5.97 Å². The predicted molar refractivity (Wildman–Crippen MR) is 74.1 cm³/mol. The Morgan fingerprint density at radius 2 is 2.29 bits per heavy atom. The van der Waals surface area contributed by atoms with Crippen molar-refractivity contribution in [1.29, 1.82) is 0 Å². The number of carbonyl (C=O) groups excluding carboxylic acids is 1. The summed E-state index contributed by atoms with van der Waals surface area (Å²) in [6.07, 6.45) is 0.791. The first-order chi connectivity index (χ1) is 8.02. The topological polar surface area (TPSA) is 38.3 Å². The summed E-state index contributed by atoms with van der Waals surface area (Å²) in [5.41, 5.74) is 0. The molecule has 1 aromatic rings. The number of hydrogen-bond acceptors (Lipinski definition) is 4. The Hall–Kier alpha value is -0.390. The molecular formula is C12H18BrNO2S. The van der Waals surface area contributed by atoms with Gasteiger partial charge in [0.1, 0.15) is 6.04 Å². The number of thiophene rings is 1. The van der Waals surface area contributed by atoms with Gasteiger partial charge in [-0.25, -0.2) is 0 Å². The lowest BCUT2D eigenvalue weighted by Gasteiger charge is -2.17. The molecule has 3 nitrogen and oxygen atoms in total. The number of rotatable bonds is 6. The van der Waals surface area contributed by atoms with Gasteiger partial charge in [-0.3, -0.25) is 10.1 Å². The van der Waals surface area contributed by atoms with Gasteiger partial charge in [0.25, 0.3) is 0 Å². The molecule has 0 aromatic carbocycles. The van der Waals surface area contributed by atoms with Crippen LogP contribution in [0.4, 0.5) is 0 Å². The average molecular weight is 320 g/mol. The number of nitrogens with one attached hydrogen (secondary N) is 1. The van der Waals surface area contributed by atoms with Crippen molar-refractivity contribution in [3.05, 3.63) is 20.8 Å². The summed E-state index contributed by atoms with van der Waals surface area (Å²) in [7, 11) is 1.43. The van der Waals surface area contributed by atoms with Gasteiger partial charge in [-0.1, -0.05) is 13.8 Å². The second-order valence-electron chi connectivity index (χ2n) is 4.32. The normalized spacial score (nSPS) is 12.8. The number of carbonyl (C=O) groups is 1. The van der Waals surface area contributed by atoms with Crippen molar-refractivity contribution in [3.63, 3.8) is 0 Å². The summed E-state index contributed by atoms with van der Waals surface area (Å²) in [4.78, 5) is 12.8. The summed E-state index contributed by atoms with van der Waals surface area (Å²) in [6, 6.07) is 1.84. The van der Waals surface area contributed by atoms with Crippen LogP contribution in [-0.4, -0.2) is 19.1 Å². The molecule has 0 fully saturated rings. The van der Waals surface area contributed by atoms with E-state index in [1.807, 2.05) is 5.38 Å². The summed E-state index contributed by atoms with van der Waals surface area (Å²) in [5, 5.41) is 5.28. The van der Waals surface area contributed by atoms with E-state index in [0.29, 0.717) is 12.5 Å². The maximum absolute atomic E-state index is 11.6. The number of halogens is 1. The van der Waals surface area contributed by atoms with Crippen LogP contribution in [0.5, 0.6) is 0 Å². The van der Waals surface area contributed by atoms with Gasteiger partial charge in [-0.05, 0) is 34.3 Å². The molecule has 1 unspecified atom stereocenters. The number of esters is 1. The van der Waals surface area contributed by atoms with Crippen LogP contribution in [0, 0.1) is 5.92 Å². The van der Waals surface area contributed by atoms with Gasteiger partial charge in [0.2, 0.25) is 0 Å². The molecule has 1 N–H and O–H groups in total. The molecule has 0 saturated heterocycles. The van der Waals surface area contributed by atoms with E-state index in [4.69, 9.17) is 4.74 Å². The van der Waals surface area contributed by atoms with E-state index < -0.39 is 0 Å². The van der Waals surface area contributed by atoms with Crippen molar-refractivity contribution in [2.24, 2.45) is 5.92 Å².